The molecule has 0 spiro atoms. The maximum Gasteiger partial charge on any atom is 0.360 e. The highest BCUT2D eigenvalue weighted by Gasteiger charge is 2.39. The minimum absolute atomic E-state index is 0.0697. The summed E-state index contributed by atoms with van der Waals surface area (Å²) < 4.78 is 10.3. The molecule has 0 aliphatic carbocycles. The predicted octanol–water partition coefficient (Wildman–Crippen LogP) is 2.34. The van der Waals surface area contributed by atoms with E-state index in [2.05, 4.69) is 15.6 Å². The van der Waals surface area contributed by atoms with Crippen molar-refractivity contribution in [3.63, 3.8) is 0 Å². The standard InChI is InChI=1S/C19H22N4O4/c1-2-26-18(24)15-11-27-17(22-15)12-3-5-14(6-4-12)21-19(25)23-8-7-13-9-20-10-16(13)23/h3-6,11,13,16,20H,2,7-10H2,1H3,(H,21,25)/t13-,16+/m0/s1. The van der Waals surface area contributed by atoms with Crippen LogP contribution in [0.3, 0.4) is 0 Å². The normalized spacial score (nSPS) is 21.1. The van der Waals surface area contributed by atoms with Gasteiger partial charge in [0.25, 0.3) is 0 Å². The van der Waals surface area contributed by atoms with Crippen molar-refractivity contribution in [2.24, 2.45) is 5.92 Å². The lowest BCUT2D eigenvalue weighted by Gasteiger charge is -2.23. The van der Waals surface area contributed by atoms with Gasteiger partial charge in [-0.2, -0.15) is 0 Å². The number of esters is 1. The Morgan fingerprint density at radius 1 is 1.33 bits per heavy atom. The van der Waals surface area contributed by atoms with Gasteiger partial charge < -0.3 is 24.7 Å². The van der Waals surface area contributed by atoms with E-state index in [-0.39, 0.29) is 24.4 Å². The van der Waals surface area contributed by atoms with Crippen LogP contribution in [-0.4, -0.2) is 54.2 Å². The van der Waals surface area contributed by atoms with Crippen LogP contribution in [0.2, 0.25) is 0 Å². The van der Waals surface area contributed by atoms with Crippen LogP contribution in [0.15, 0.2) is 34.9 Å². The number of oxazole rings is 1. The third-order valence-corrected chi connectivity index (χ3v) is 5.08. The maximum absolute atomic E-state index is 12.6. The van der Waals surface area contributed by atoms with E-state index in [1.165, 1.54) is 6.26 Å². The topological polar surface area (TPSA) is 96.7 Å². The minimum atomic E-state index is -0.512. The molecule has 2 aliphatic rings. The molecule has 0 bridgehead atoms. The third-order valence-electron chi connectivity index (χ3n) is 5.08. The second-order valence-electron chi connectivity index (χ2n) is 6.73. The summed E-state index contributed by atoms with van der Waals surface area (Å²) in [6.45, 7) is 4.67. The Hall–Kier alpha value is -2.87. The summed E-state index contributed by atoms with van der Waals surface area (Å²) in [5.74, 6) is 0.383. The van der Waals surface area contributed by atoms with Gasteiger partial charge in [-0.15, -0.1) is 0 Å². The molecule has 1 aromatic carbocycles. The van der Waals surface area contributed by atoms with E-state index in [1.54, 1.807) is 31.2 Å². The zero-order chi connectivity index (χ0) is 18.8. The van der Waals surface area contributed by atoms with Gasteiger partial charge in [-0.05, 0) is 43.5 Å². The number of rotatable bonds is 4. The predicted molar refractivity (Wildman–Crippen MR) is 98.4 cm³/mol. The van der Waals surface area contributed by atoms with Crippen LogP contribution in [0.4, 0.5) is 10.5 Å². The molecule has 8 heteroatoms. The zero-order valence-corrected chi connectivity index (χ0v) is 15.1. The molecule has 2 N–H and O–H groups in total. The molecule has 3 heterocycles. The molecule has 2 saturated heterocycles. The summed E-state index contributed by atoms with van der Waals surface area (Å²) in [5, 5.41) is 6.29. The van der Waals surface area contributed by atoms with Crippen molar-refractivity contribution in [2.75, 3.05) is 31.6 Å². The Kier molecular flexibility index (Phi) is 4.81. The highest BCUT2D eigenvalue weighted by molar-refractivity contribution is 5.90. The van der Waals surface area contributed by atoms with Gasteiger partial charge in [-0.25, -0.2) is 14.6 Å². The van der Waals surface area contributed by atoms with Crippen LogP contribution in [0.25, 0.3) is 11.5 Å². The molecule has 0 saturated carbocycles. The molecule has 27 heavy (non-hydrogen) atoms. The van der Waals surface area contributed by atoms with E-state index in [0.29, 0.717) is 23.1 Å². The molecule has 142 valence electrons. The smallest absolute Gasteiger partial charge is 0.360 e. The lowest BCUT2D eigenvalue weighted by atomic mass is 10.1. The molecule has 0 unspecified atom stereocenters. The summed E-state index contributed by atoms with van der Waals surface area (Å²) in [7, 11) is 0. The summed E-state index contributed by atoms with van der Waals surface area (Å²) >= 11 is 0. The first-order chi connectivity index (χ1) is 13.2. The van der Waals surface area contributed by atoms with Crippen molar-refractivity contribution in [3.05, 3.63) is 36.2 Å². The molecular weight excluding hydrogens is 348 g/mol. The zero-order valence-electron chi connectivity index (χ0n) is 15.1. The molecule has 2 fully saturated rings. The first-order valence-electron chi connectivity index (χ1n) is 9.17. The van der Waals surface area contributed by atoms with E-state index >= 15 is 0 Å². The van der Waals surface area contributed by atoms with E-state index in [1.807, 2.05) is 4.90 Å². The Morgan fingerprint density at radius 2 is 2.15 bits per heavy atom. The highest BCUT2D eigenvalue weighted by Crippen LogP contribution is 2.28. The average molecular weight is 370 g/mol. The van der Waals surface area contributed by atoms with Crippen LogP contribution < -0.4 is 10.6 Å². The first-order valence-corrected chi connectivity index (χ1v) is 9.17. The maximum atomic E-state index is 12.6. The second kappa shape index (κ2) is 7.40. The van der Waals surface area contributed by atoms with Crippen LogP contribution >= 0.6 is 0 Å². The molecular formula is C19H22N4O4. The number of hydrogen-bond donors (Lipinski definition) is 2. The molecule has 0 radical (unpaired) electrons. The number of carbonyl (C=O) groups is 2. The third kappa shape index (κ3) is 3.52. The number of carbonyl (C=O) groups excluding carboxylic acids is 2. The van der Waals surface area contributed by atoms with Gasteiger partial charge in [0.05, 0.1) is 6.61 Å². The number of likely N-dealkylation sites (tertiary alicyclic amines) is 1. The van der Waals surface area contributed by atoms with Crippen molar-refractivity contribution < 1.29 is 18.7 Å². The monoisotopic (exact) mass is 370 g/mol. The lowest BCUT2D eigenvalue weighted by Crippen LogP contribution is -2.41. The van der Waals surface area contributed by atoms with Crippen LogP contribution in [-0.2, 0) is 4.74 Å². The van der Waals surface area contributed by atoms with E-state index in [0.717, 1.165) is 26.1 Å². The van der Waals surface area contributed by atoms with Crippen molar-refractivity contribution in [1.82, 2.24) is 15.2 Å². The number of aromatic nitrogens is 1. The van der Waals surface area contributed by atoms with Crippen LogP contribution in [0, 0.1) is 5.92 Å². The Balaban J connectivity index is 1.40. The summed E-state index contributed by atoms with van der Waals surface area (Å²) in [6.07, 6.45) is 2.33. The molecule has 2 aliphatic heterocycles. The fourth-order valence-electron chi connectivity index (χ4n) is 3.70. The van der Waals surface area contributed by atoms with Crippen molar-refractivity contribution >= 4 is 17.7 Å². The fourth-order valence-corrected chi connectivity index (χ4v) is 3.70. The first kappa shape index (κ1) is 17.5. The number of nitrogens with zero attached hydrogens (tertiary/aromatic N) is 2. The van der Waals surface area contributed by atoms with Crippen LogP contribution in [0.1, 0.15) is 23.8 Å². The fraction of sp³-hybridized carbons (Fsp3) is 0.421. The number of fused-ring (bicyclic) bond motifs is 1. The summed E-state index contributed by atoms with van der Waals surface area (Å²) in [5.41, 5.74) is 1.55. The lowest BCUT2D eigenvalue weighted by molar-refractivity contribution is 0.0519. The second-order valence-corrected chi connectivity index (χ2v) is 6.73. The SMILES string of the molecule is CCOC(=O)c1coc(-c2ccc(NC(=O)N3CC[C@H]4CNC[C@H]43)cc2)n1. The molecule has 4 rings (SSSR count). The molecule has 2 aromatic rings. The minimum Gasteiger partial charge on any atom is -0.461 e. The Labute approximate surface area is 156 Å². The van der Waals surface area contributed by atoms with Crippen molar-refractivity contribution in [1.29, 1.82) is 0 Å². The van der Waals surface area contributed by atoms with Gasteiger partial charge in [0.1, 0.15) is 6.26 Å². The van der Waals surface area contributed by atoms with Gasteiger partial charge in [0, 0.05) is 36.9 Å². The average Bonchev–Trinajstić information content (AvgIpc) is 3.39. The molecule has 2 atom stereocenters. The summed E-state index contributed by atoms with van der Waals surface area (Å²) in [4.78, 5) is 30.3. The number of ether oxygens (including phenoxy) is 1. The molecule has 2 amide bonds. The van der Waals surface area contributed by atoms with E-state index < -0.39 is 5.97 Å². The van der Waals surface area contributed by atoms with Crippen LogP contribution in [0.5, 0.6) is 0 Å². The largest absolute Gasteiger partial charge is 0.461 e. The quantitative estimate of drug-likeness (QED) is 0.802. The Bertz CT molecular complexity index is 832. The number of hydrogen-bond acceptors (Lipinski definition) is 6. The summed E-state index contributed by atoms with van der Waals surface area (Å²) in [6, 6.07) is 7.39. The number of benzene rings is 1. The van der Waals surface area contributed by atoms with E-state index in [4.69, 9.17) is 9.15 Å². The van der Waals surface area contributed by atoms with Gasteiger partial charge >= 0.3 is 12.0 Å². The van der Waals surface area contributed by atoms with Gasteiger partial charge in [0.15, 0.2) is 5.69 Å². The van der Waals surface area contributed by atoms with Gasteiger partial charge in [-0.1, -0.05) is 0 Å². The molecule has 8 nitrogen and oxygen atoms in total. The number of amides is 2. The van der Waals surface area contributed by atoms with Crippen molar-refractivity contribution in [3.8, 4) is 11.5 Å². The number of nitrogens with one attached hydrogen (secondary N) is 2. The highest BCUT2D eigenvalue weighted by atomic mass is 16.5. The number of anilines is 1. The number of urea groups is 1. The van der Waals surface area contributed by atoms with Crippen molar-refractivity contribution in [2.45, 2.75) is 19.4 Å². The van der Waals surface area contributed by atoms with Gasteiger partial charge in [-0.3, -0.25) is 0 Å². The molecule has 1 aromatic heterocycles. The Morgan fingerprint density at radius 3 is 2.93 bits per heavy atom. The van der Waals surface area contributed by atoms with E-state index in [9.17, 15) is 9.59 Å². The van der Waals surface area contributed by atoms with Gasteiger partial charge in [0.2, 0.25) is 5.89 Å².